The molecule has 0 heterocycles. The Balaban J connectivity index is 2.89. The minimum absolute atomic E-state index is 0.164. The lowest BCUT2D eigenvalue weighted by molar-refractivity contribution is -0.275. The van der Waals surface area contributed by atoms with Crippen LogP contribution in [0.2, 0.25) is 0 Å². The van der Waals surface area contributed by atoms with E-state index in [2.05, 4.69) is 11.3 Å². The molecule has 0 aliphatic carbocycles. The second kappa shape index (κ2) is 5.57. The first-order chi connectivity index (χ1) is 8.33. The van der Waals surface area contributed by atoms with Crippen LogP contribution >= 0.6 is 0 Å². The first-order valence-corrected chi connectivity index (χ1v) is 5.08. The number of halogens is 3. The third-order valence-electron chi connectivity index (χ3n) is 1.99. The van der Waals surface area contributed by atoms with Gasteiger partial charge >= 0.3 is 12.3 Å². The Morgan fingerprint density at radius 1 is 1.28 bits per heavy atom. The van der Waals surface area contributed by atoms with Gasteiger partial charge in [0.15, 0.2) is 11.5 Å². The summed E-state index contributed by atoms with van der Waals surface area (Å²) in [4.78, 5) is 11.4. The molecule has 18 heavy (non-hydrogen) atoms. The van der Waals surface area contributed by atoms with Crippen LogP contribution in [0.3, 0.4) is 0 Å². The van der Waals surface area contributed by atoms with Gasteiger partial charge in [0.1, 0.15) is 0 Å². The highest BCUT2D eigenvalue weighted by Crippen LogP contribution is 2.32. The molecule has 3 nitrogen and oxygen atoms in total. The fraction of sp³-hybridized carbons (Fsp3) is 0.250. The minimum Gasteiger partial charge on any atom is -0.419 e. The number of esters is 1. The SMILES string of the molecule is C=C(CC)C(=O)Oc1ccccc1OC(F)(F)F. The van der Waals surface area contributed by atoms with Crippen LogP contribution in [-0.4, -0.2) is 12.3 Å². The molecule has 0 aliphatic rings. The van der Waals surface area contributed by atoms with Gasteiger partial charge in [0.2, 0.25) is 0 Å². The first-order valence-electron chi connectivity index (χ1n) is 5.08. The van der Waals surface area contributed by atoms with Crippen LogP contribution in [-0.2, 0) is 4.79 Å². The number of rotatable bonds is 4. The molecule has 0 spiro atoms. The summed E-state index contributed by atoms with van der Waals surface area (Å²) in [5.41, 5.74) is 0.164. The highest BCUT2D eigenvalue weighted by molar-refractivity contribution is 5.89. The van der Waals surface area contributed by atoms with E-state index in [1.807, 2.05) is 0 Å². The molecule has 0 amide bonds. The molecule has 6 heteroatoms. The molecule has 0 saturated carbocycles. The molecule has 0 fully saturated rings. The summed E-state index contributed by atoms with van der Waals surface area (Å²) in [5.74, 6) is -1.65. The molecule has 0 bridgehead atoms. The van der Waals surface area contributed by atoms with E-state index in [1.54, 1.807) is 6.92 Å². The first kappa shape index (κ1) is 14.1. The van der Waals surface area contributed by atoms with Crippen molar-refractivity contribution in [2.45, 2.75) is 19.7 Å². The van der Waals surface area contributed by atoms with Crippen molar-refractivity contribution in [2.75, 3.05) is 0 Å². The molecule has 1 aromatic carbocycles. The molecule has 0 unspecified atom stereocenters. The average molecular weight is 260 g/mol. The number of carbonyl (C=O) groups excluding carboxylic acids is 1. The summed E-state index contributed by atoms with van der Waals surface area (Å²) in [6.45, 7) is 5.12. The van der Waals surface area contributed by atoms with Crippen molar-refractivity contribution in [3.05, 3.63) is 36.4 Å². The fourth-order valence-electron chi connectivity index (χ4n) is 1.06. The van der Waals surface area contributed by atoms with E-state index in [0.717, 1.165) is 6.07 Å². The van der Waals surface area contributed by atoms with Crippen molar-refractivity contribution in [3.8, 4) is 11.5 Å². The smallest absolute Gasteiger partial charge is 0.419 e. The Hall–Kier alpha value is -1.98. The van der Waals surface area contributed by atoms with Crippen LogP contribution in [0.25, 0.3) is 0 Å². The van der Waals surface area contributed by atoms with Crippen molar-refractivity contribution in [1.82, 2.24) is 0 Å². The summed E-state index contributed by atoms with van der Waals surface area (Å²) >= 11 is 0. The number of hydrogen-bond donors (Lipinski definition) is 0. The molecule has 1 aromatic rings. The van der Waals surface area contributed by atoms with Gasteiger partial charge in [-0.3, -0.25) is 0 Å². The quantitative estimate of drug-likeness (QED) is 0.472. The summed E-state index contributed by atoms with van der Waals surface area (Å²) in [5, 5.41) is 0. The van der Waals surface area contributed by atoms with E-state index in [4.69, 9.17) is 4.74 Å². The Bertz CT molecular complexity index is 452. The Morgan fingerprint density at radius 3 is 2.33 bits per heavy atom. The summed E-state index contributed by atoms with van der Waals surface area (Å²) in [7, 11) is 0. The number of carbonyl (C=O) groups is 1. The van der Waals surface area contributed by atoms with E-state index in [-0.39, 0.29) is 11.3 Å². The number of alkyl halides is 3. The Kier molecular flexibility index (Phi) is 4.36. The van der Waals surface area contributed by atoms with Gasteiger partial charge < -0.3 is 9.47 Å². The van der Waals surface area contributed by atoms with Gasteiger partial charge in [0.25, 0.3) is 0 Å². The molecule has 0 N–H and O–H groups in total. The summed E-state index contributed by atoms with van der Waals surface area (Å²) in [6.07, 6.45) is -4.49. The standard InChI is InChI=1S/C12H11F3O3/c1-3-8(2)11(16)17-9-6-4-5-7-10(9)18-12(13,14)15/h4-7H,2-3H2,1H3. The third-order valence-corrected chi connectivity index (χ3v) is 1.99. The van der Waals surface area contributed by atoms with E-state index in [0.29, 0.717) is 6.42 Å². The predicted octanol–water partition coefficient (Wildman–Crippen LogP) is 3.46. The molecular formula is C12H11F3O3. The highest BCUT2D eigenvalue weighted by atomic mass is 19.4. The van der Waals surface area contributed by atoms with Gasteiger partial charge in [0, 0.05) is 5.57 Å². The topological polar surface area (TPSA) is 35.5 Å². The largest absolute Gasteiger partial charge is 0.573 e. The van der Waals surface area contributed by atoms with E-state index < -0.39 is 18.1 Å². The van der Waals surface area contributed by atoms with Crippen molar-refractivity contribution in [1.29, 1.82) is 0 Å². The lowest BCUT2D eigenvalue weighted by atomic mass is 10.2. The van der Waals surface area contributed by atoms with Crippen LogP contribution in [0.1, 0.15) is 13.3 Å². The summed E-state index contributed by atoms with van der Waals surface area (Å²) < 4.78 is 44.8. The third kappa shape index (κ3) is 4.12. The van der Waals surface area contributed by atoms with Crippen LogP contribution in [0, 0.1) is 0 Å². The Labute approximate surface area is 102 Å². The number of hydrogen-bond acceptors (Lipinski definition) is 3. The second-order valence-corrected chi connectivity index (χ2v) is 3.34. The van der Waals surface area contributed by atoms with Crippen LogP contribution < -0.4 is 9.47 Å². The van der Waals surface area contributed by atoms with Crippen molar-refractivity contribution in [3.63, 3.8) is 0 Å². The van der Waals surface area contributed by atoms with Gasteiger partial charge in [0.05, 0.1) is 0 Å². The molecule has 0 aliphatic heterocycles. The molecule has 0 radical (unpaired) electrons. The van der Waals surface area contributed by atoms with Gasteiger partial charge in [-0.05, 0) is 18.6 Å². The maximum absolute atomic E-state index is 12.1. The van der Waals surface area contributed by atoms with Crippen LogP contribution in [0.5, 0.6) is 11.5 Å². The van der Waals surface area contributed by atoms with Gasteiger partial charge in [-0.25, -0.2) is 4.79 Å². The number of ether oxygens (including phenoxy) is 2. The lowest BCUT2D eigenvalue weighted by Crippen LogP contribution is -2.18. The molecular weight excluding hydrogens is 249 g/mol. The normalized spacial score (nSPS) is 10.9. The van der Waals surface area contributed by atoms with Gasteiger partial charge in [-0.2, -0.15) is 0 Å². The van der Waals surface area contributed by atoms with E-state index >= 15 is 0 Å². The zero-order valence-corrected chi connectivity index (χ0v) is 9.58. The van der Waals surface area contributed by atoms with Crippen LogP contribution in [0.4, 0.5) is 13.2 Å². The molecule has 1 rings (SSSR count). The number of benzene rings is 1. The highest BCUT2D eigenvalue weighted by Gasteiger charge is 2.32. The van der Waals surface area contributed by atoms with Crippen molar-refractivity contribution >= 4 is 5.97 Å². The average Bonchev–Trinajstić information content (AvgIpc) is 2.28. The zero-order chi connectivity index (χ0) is 13.8. The van der Waals surface area contributed by atoms with Crippen molar-refractivity contribution < 1.29 is 27.4 Å². The second-order valence-electron chi connectivity index (χ2n) is 3.34. The zero-order valence-electron chi connectivity index (χ0n) is 9.58. The van der Waals surface area contributed by atoms with Crippen molar-refractivity contribution in [2.24, 2.45) is 0 Å². The Morgan fingerprint density at radius 2 is 1.83 bits per heavy atom. The minimum atomic E-state index is -4.84. The monoisotopic (exact) mass is 260 g/mol. The van der Waals surface area contributed by atoms with Gasteiger partial charge in [-0.15, -0.1) is 13.2 Å². The molecule has 0 atom stereocenters. The molecule has 98 valence electrons. The molecule has 0 aromatic heterocycles. The van der Waals surface area contributed by atoms with Crippen LogP contribution in [0.15, 0.2) is 36.4 Å². The lowest BCUT2D eigenvalue weighted by Gasteiger charge is -2.13. The van der Waals surface area contributed by atoms with E-state index in [1.165, 1.54) is 18.2 Å². The predicted molar refractivity (Wildman–Crippen MR) is 58.2 cm³/mol. The number of para-hydroxylation sites is 2. The fourth-order valence-corrected chi connectivity index (χ4v) is 1.06. The summed E-state index contributed by atoms with van der Waals surface area (Å²) in [6, 6.07) is 5.04. The van der Waals surface area contributed by atoms with E-state index in [9.17, 15) is 18.0 Å². The van der Waals surface area contributed by atoms with Gasteiger partial charge in [-0.1, -0.05) is 25.6 Å². The maximum atomic E-state index is 12.1. The molecule has 0 saturated heterocycles. The maximum Gasteiger partial charge on any atom is 0.573 e.